The monoisotopic (exact) mass is 218 g/mol. The zero-order valence-corrected chi connectivity index (χ0v) is 10.1. The van der Waals surface area contributed by atoms with E-state index in [1.54, 1.807) is 0 Å². The maximum Gasteiger partial charge on any atom is 0.123 e. The van der Waals surface area contributed by atoms with Gasteiger partial charge in [-0.25, -0.2) is 4.98 Å². The second-order valence-electron chi connectivity index (χ2n) is 4.35. The maximum atomic E-state index is 5.62. The van der Waals surface area contributed by atoms with Crippen molar-refractivity contribution < 1.29 is 0 Å². The molecule has 1 aromatic heterocycles. The van der Waals surface area contributed by atoms with Gasteiger partial charge in [0.1, 0.15) is 5.82 Å². The smallest absolute Gasteiger partial charge is 0.123 e. The number of rotatable bonds is 3. The summed E-state index contributed by atoms with van der Waals surface area (Å²) >= 11 is 0. The van der Waals surface area contributed by atoms with Gasteiger partial charge in [0.05, 0.1) is 17.6 Å². The molecule has 86 valence electrons. The molecule has 0 atom stereocenters. The lowest BCUT2D eigenvalue weighted by atomic mass is 10.2. The summed E-state index contributed by atoms with van der Waals surface area (Å²) in [4.78, 5) is 6.74. The first-order valence-electron chi connectivity index (χ1n) is 5.41. The molecule has 0 bridgehead atoms. The number of imidazole rings is 1. The Balaban J connectivity index is 2.50. The highest BCUT2D eigenvalue weighted by atomic mass is 15.1. The Bertz CT molecular complexity index is 499. The third-order valence-corrected chi connectivity index (χ3v) is 2.73. The number of hydrogen-bond acceptors (Lipinski definition) is 3. The Labute approximate surface area is 95.7 Å². The zero-order chi connectivity index (χ0) is 11.7. The molecule has 0 spiro atoms. The van der Waals surface area contributed by atoms with Crippen LogP contribution in [0.3, 0.4) is 0 Å². The van der Waals surface area contributed by atoms with Crippen molar-refractivity contribution in [2.45, 2.75) is 13.1 Å². The molecule has 2 aromatic rings. The highest BCUT2D eigenvalue weighted by Gasteiger charge is 2.08. The van der Waals surface area contributed by atoms with Crippen LogP contribution in [0.1, 0.15) is 11.4 Å². The fourth-order valence-corrected chi connectivity index (χ4v) is 1.85. The van der Waals surface area contributed by atoms with E-state index >= 15 is 0 Å². The van der Waals surface area contributed by atoms with Crippen LogP contribution in [-0.2, 0) is 20.1 Å². The Morgan fingerprint density at radius 2 is 2.12 bits per heavy atom. The van der Waals surface area contributed by atoms with Gasteiger partial charge in [0, 0.05) is 13.6 Å². The van der Waals surface area contributed by atoms with E-state index in [1.807, 2.05) is 14.1 Å². The first-order valence-corrected chi connectivity index (χ1v) is 5.41. The topological polar surface area (TPSA) is 47.1 Å². The van der Waals surface area contributed by atoms with Crippen LogP contribution in [0.5, 0.6) is 0 Å². The highest BCUT2D eigenvalue weighted by Crippen LogP contribution is 2.17. The van der Waals surface area contributed by atoms with E-state index < -0.39 is 0 Å². The van der Waals surface area contributed by atoms with Crippen molar-refractivity contribution in [1.29, 1.82) is 0 Å². The molecule has 0 saturated carbocycles. The van der Waals surface area contributed by atoms with Crippen molar-refractivity contribution in [3.63, 3.8) is 0 Å². The van der Waals surface area contributed by atoms with Crippen molar-refractivity contribution in [2.75, 3.05) is 14.1 Å². The molecular weight excluding hydrogens is 200 g/mol. The summed E-state index contributed by atoms with van der Waals surface area (Å²) in [5.41, 5.74) is 8.94. The molecule has 0 aliphatic heterocycles. The van der Waals surface area contributed by atoms with Gasteiger partial charge < -0.3 is 15.2 Å². The van der Waals surface area contributed by atoms with Crippen LogP contribution in [-0.4, -0.2) is 28.5 Å². The van der Waals surface area contributed by atoms with Gasteiger partial charge in [0.15, 0.2) is 0 Å². The Morgan fingerprint density at radius 3 is 2.75 bits per heavy atom. The first kappa shape index (κ1) is 11.1. The van der Waals surface area contributed by atoms with Crippen molar-refractivity contribution in [1.82, 2.24) is 14.5 Å². The van der Waals surface area contributed by atoms with E-state index in [4.69, 9.17) is 5.73 Å². The summed E-state index contributed by atoms with van der Waals surface area (Å²) in [6.07, 6.45) is 0. The van der Waals surface area contributed by atoms with Gasteiger partial charge in [0.2, 0.25) is 0 Å². The van der Waals surface area contributed by atoms with E-state index in [1.165, 1.54) is 0 Å². The molecular formula is C12H18N4. The molecule has 4 nitrogen and oxygen atoms in total. The third-order valence-electron chi connectivity index (χ3n) is 2.73. The van der Waals surface area contributed by atoms with Crippen molar-refractivity contribution in [2.24, 2.45) is 12.8 Å². The molecule has 0 aliphatic carbocycles. The van der Waals surface area contributed by atoms with E-state index in [9.17, 15) is 0 Å². The summed E-state index contributed by atoms with van der Waals surface area (Å²) in [5.74, 6) is 1.08. The van der Waals surface area contributed by atoms with Gasteiger partial charge in [-0.3, -0.25) is 0 Å². The molecule has 0 unspecified atom stereocenters. The molecule has 0 saturated heterocycles. The summed E-state index contributed by atoms with van der Waals surface area (Å²) in [6, 6.07) is 6.21. The van der Waals surface area contributed by atoms with Crippen molar-refractivity contribution >= 4 is 11.0 Å². The molecule has 16 heavy (non-hydrogen) atoms. The summed E-state index contributed by atoms with van der Waals surface area (Å²) in [5, 5.41) is 0. The Kier molecular flexibility index (Phi) is 2.94. The Hall–Kier alpha value is -1.39. The van der Waals surface area contributed by atoms with E-state index in [-0.39, 0.29) is 0 Å². The van der Waals surface area contributed by atoms with Gasteiger partial charge in [-0.05, 0) is 31.8 Å². The molecule has 2 rings (SSSR count). The van der Waals surface area contributed by atoms with Gasteiger partial charge in [-0.15, -0.1) is 0 Å². The Morgan fingerprint density at radius 1 is 1.38 bits per heavy atom. The van der Waals surface area contributed by atoms with Crippen molar-refractivity contribution in [3.05, 3.63) is 29.6 Å². The SMILES string of the molecule is CN(C)Cc1nc2cc(CN)ccc2n1C. The lowest BCUT2D eigenvalue weighted by Crippen LogP contribution is -2.14. The first-order chi connectivity index (χ1) is 7.61. The lowest BCUT2D eigenvalue weighted by Gasteiger charge is -2.08. The number of nitrogens with zero attached hydrogens (tertiary/aromatic N) is 3. The molecule has 0 radical (unpaired) electrons. The molecule has 0 amide bonds. The fourth-order valence-electron chi connectivity index (χ4n) is 1.85. The third kappa shape index (κ3) is 1.94. The largest absolute Gasteiger partial charge is 0.330 e. The van der Waals surface area contributed by atoms with Gasteiger partial charge >= 0.3 is 0 Å². The quantitative estimate of drug-likeness (QED) is 0.839. The van der Waals surface area contributed by atoms with Crippen LogP contribution < -0.4 is 5.73 Å². The van der Waals surface area contributed by atoms with Crippen LogP contribution in [0.15, 0.2) is 18.2 Å². The number of benzene rings is 1. The summed E-state index contributed by atoms with van der Waals surface area (Å²) in [7, 11) is 6.14. The minimum Gasteiger partial charge on any atom is -0.330 e. The molecule has 0 aliphatic rings. The van der Waals surface area contributed by atoms with Gasteiger partial charge in [0.25, 0.3) is 0 Å². The summed E-state index contributed by atoms with van der Waals surface area (Å²) in [6.45, 7) is 1.42. The number of fused-ring (bicyclic) bond motifs is 1. The zero-order valence-electron chi connectivity index (χ0n) is 10.1. The van der Waals surface area contributed by atoms with Crippen LogP contribution in [0.25, 0.3) is 11.0 Å². The molecule has 1 heterocycles. The van der Waals surface area contributed by atoms with Crippen LogP contribution in [0, 0.1) is 0 Å². The molecule has 4 heteroatoms. The summed E-state index contributed by atoms with van der Waals surface area (Å²) < 4.78 is 2.13. The fraction of sp³-hybridized carbons (Fsp3) is 0.417. The molecule has 2 N–H and O–H groups in total. The number of aromatic nitrogens is 2. The average molecular weight is 218 g/mol. The lowest BCUT2D eigenvalue weighted by molar-refractivity contribution is 0.386. The second kappa shape index (κ2) is 4.23. The normalized spacial score (nSPS) is 11.6. The van der Waals surface area contributed by atoms with Crippen LogP contribution in [0.4, 0.5) is 0 Å². The van der Waals surface area contributed by atoms with Crippen LogP contribution in [0.2, 0.25) is 0 Å². The predicted octanol–water partition coefficient (Wildman–Crippen LogP) is 1.09. The highest BCUT2D eigenvalue weighted by molar-refractivity contribution is 5.76. The maximum absolute atomic E-state index is 5.62. The second-order valence-corrected chi connectivity index (χ2v) is 4.35. The average Bonchev–Trinajstić information content (AvgIpc) is 2.54. The predicted molar refractivity (Wildman–Crippen MR) is 66.0 cm³/mol. The van der Waals surface area contributed by atoms with E-state index in [0.29, 0.717) is 6.54 Å². The van der Waals surface area contributed by atoms with E-state index in [2.05, 4.69) is 39.7 Å². The van der Waals surface area contributed by atoms with E-state index in [0.717, 1.165) is 29.0 Å². The minimum atomic E-state index is 0.565. The van der Waals surface area contributed by atoms with Crippen molar-refractivity contribution in [3.8, 4) is 0 Å². The standard InChI is InChI=1S/C12H18N4/c1-15(2)8-12-14-10-6-9(7-13)4-5-11(10)16(12)3/h4-6H,7-8,13H2,1-3H3. The number of nitrogens with two attached hydrogens (primary N) is 1. The number of aryl methyl sites for hydroxylation is 1. The minimum absolute atomic E-state index is 0.565. The van der Waals surface area contributed by atoms with Crippen LogP contribution >= 0.6 is 0 Å². The molecule has 0 fully saturated rings. The molecule has 1 aromatic carbocycles. The van der Waals surface area contributed by atoms with Gasteiger partial charge in [-0.1, -0.05) is 6.07 Å². The number of hydrogen-bond donors (Lipinski definition) is 1. The van der Waals surface area contributed by atoms with Gasteiger partial charge in [-0.2, -0.15) is 0 Å².